The van der Waals surface area contributed by atoms with E-state index in [1.54, 1.807) is 11.3 Å². The van der Waals surface area contributed by atoms with Crippen LogP contribution < -0.4 is 15.8 Å². The molecule has 2 aliphatic heterocycles. The van der Waals surface area contributed by atoms with Crippen molar-refractivity contribution < 1.29 is 4.74 Å². The molecule has 0 radical (unpaired) electrons. The van der Waals surface area contributed by atoms with Crippen molar-refractivity contribution in [2.75, 3.05) is 19.7 Å². The molecular formula is C20H24N4OS. The largest absolute Gasteiger partial charge is 0.493 e. The number of rotatable bonds is 3. The second kappa shape index (κ2) is 7.21. The zero-order chi connectivity index (χ0) is 18.1. The second-order valence-electron chi connectivity index (χ2n) is 7.00. The van der Waals surface area contributed by atoms with Gasteiger partial charge < -0.3 is 15.8 Å². The molecule has 1 saturated heterocycles. The van der Waals surface area contributed by atoms with Crippen molar-refractivity contribution in [1.82, 2.24) is 5.32 Å². The molecule has 0 saturated carbocycles. The van der Waals surface area contributed by atoms with Crippen molar-refractivity contribution >= 4 is 23.5 Å². The topological polar surface area (TPSA) is 72.0 Å². The first-order valence-corrected chi connectivity index (χ1v) is 9.90. The summed E-state index contributed by atoms with van der Waals surface area (Å²) < 4.78 is 6.07. The summed E-state index contributed by atoms with van der Waals surface area (Å²) in [5.74, 6) is 2.31. The highest BCUT2D eigenvalue weighted by molar-refractivity contribution is 7.17. The van der Waals surface area contributed by atoms with E-state index >= 15 is 0 Å². The predicted molar refractivity (Wildman–Crippen MR) is 109 cm³/mol. The van der Waals surface area contributed by atoms with Crippen LogP contribution in [0.15, 0.2) is 34.3 Å². The molecule has 1 aromatic heterocycles. The average molecular weight is 369 g/mol. The van der Waals surface area contributed by atoms with E-state index in [0.717, 1.165) is 30.1 Å². The zero-order valence-corrected chi connectivity index (χ0v) is 16.0. The molecule has 0 bridgehead atoms. The normalized spacial score (nSPS) is 17.6. The fraction of sp³-hybridized carbons (Fsp3) is 0.400. The monoisotopic (exact) mass is 368 g/mol. The fourth-order valence-corrected chi connectivity index (χ4v) is 4.51. The van der Waals surface area contributed by atoms with E-state index in [9.17, 15) is 0 Å². The van der Waals surface area contributed by atoms with Gasteiger partial charge in [0.05, 0.1) is 17.8 Å². The summed E-state index contributed by atoms with van der Waals surface area (Å²) in [6.45, 7) is 6.90. The molecule has 26 heavy (non-hydrogen) atoms. The Kier molecular flexibility index (Phi) is 4.78. The lowest BCUT2D eigenvalue weighted by Gasteiger charge is -2.28. The number of amidine groups is 1. The van der Waals surface area contributed by atoms with E-state index in [2.05, 4.69) is 39.6 Å². The van der Waals surface area contributed by atoms with Crippen molar-refractivity contribution in [3.8, 4) is 16.2 Å². The Morgan fingerprint density at radius 1 is 1.35 bits per heavy atom. The third-order valence-corrected chi connectivity index (χ3v) is 5.95. The number of aliphatic imine (C=N–C) groups is 2. The minimum Gasteiger partial charge on any atom is -0.493 e. The van der Waals surface area contributed by atoms with Gasteiger partial charge in [0.15, 0.2) is 5.84 Å². The Morgan fingerprint density at radius 3 is 2.88 bits per heavy atom. The van der Waals surface area contributed by atoms with Crippen LogP contribution in [-0.4, -0.2) is 37.9 Å². The number of nitrogens with zero attached hydrogens (tertiary/aromatic N) is 2. The molecule has 3 N–H and O–H groups in total. The van der Waals surface area contributed by atoms with Crippen LogP contribution in [0.5, 0.6) is 5.75 Å². The van der Waals surface area contributed by atoms with E-state index in [1.165, 1.54) is 27.9 Å². The molecule has 1 fully saturated rings. The predicted octanol–water partition coefficient (Wildman–Crippen LogP) is 3.18. The van der Waals surface area contributed by atoms with Gasteiger partial charge in [0.25, 0.3) is 0 Å². The van der Waals surface area contributed by atoms with E-state index in [4.69, 9.17) is 10.5 Å². The van der Waals surface area contributed by atoms with Gasteiger partial charge in [0.2, 0.25) is 0 Å². The van der Waals surface area contributed by atoms with Gasteiger partial charge in [-0.05, 0) is 43.2 Å². The number of benzene rings is 1. The third-order valence-electron chi connectivity index (χ3n) is 4.74. The molecule has 0 spiro atoms. The van der Waals surface area contributed by atoms with E-state index in [1.807, 2.05) is 13.8 Å². The van der Waals surface area contributed by atoms with Gasteiger partial charge in [-0.25, -0.2) is 4.99 Å². The Hall–Kier alpha value is -2.18. The molecule has 2 aliphatic rings. The number of hydrogen-bond acceptors (Lipinski definition) is 4. The summed E-state index contributed by atoms with van der Waals surface area (Å²) in [6, 6.07) is 9.03. The highest BCUT2D eigenvalue weighted by atomic mass is 32.1. The van der Waals surface area contributed by atoms with E-state index < -0.39 is 0 Å². The first kappa shape index (κ1) is 17.2. The number of ether oxygens (including phenoxy) is 1. The summed E-state index contributed by atoms with van der Waals surface area (Å²) in [7, 11) is 0. The number of thiophene rings is 1. The summed E-state index contributed by atoms with van der Waals surface area (Å²) in [5, 5.41) is 3.34. The van der Waals surface area contributed by atoms with Gasteiger partial charge in [-0.2, -0.15) is 0 Å². The lowest BCUT2D eigenvalue weighted by Crippen LogP contribution is -2.39. The standard InChI is InChI=1S/C20H24N4OS/c1-12(2)24-20(23-11-21)18-8-14-5-6-25-17-7-13(15-9-22-10-15)3-4-16(17)19(14)26-18/h3-4,7-8,11-12,15,22H,5-6,9-10H2,1-2H3,(H2,21,23,24). The molecule has 1 aromatic carbocycles. The lowest BCUT2D eigenvalue weighted by molar-refractivity contribution is 0.325. The maximum Gasteiger partial charge on any atom is 0.166 e. The van der Waals surface area contributed by atoms with Gasteiger partial charge >= 0.3 is 0 Å². The summed E-state index contributed by atoms with van der Waals surface area (Å²) in [5.41, 5.74) is 9.36. The Labute approximate surface area is 158 Å². The van der Waals surface area contributed by atoms with Gasteiger partial charge in [-0.15, -0.1) is 11.3 Å². The first-order valence-electron chi connectivity index (χ1n) is 9.08. The molecule has 136 valence electrons. The van der Waals surface area contributed by atoms with Gasteiger partial charge in [0, 0.05) is 41.9 Å². The van der Waals surface area contributed by atoms with E-state index in [0.29, 0.717) is 18.4 Å². The highest BCUT2D eigenvalue weighted by Gasteiger charge is 2.24. The second-order valence-corrected chi connectivity index (χ2v) is 8.05. The molecule has 0 unspecified atom stereocenters. The zero-order valence-electron chi connectivity index (χ0n) is 15.2. The van der Waals surface area contributed by atoms with Crippen LogP contribution >= 0.6 is 11.3 Å². The van der Waals surface area contributed by atoms with Crippen molar-refractivity contribution in [2.24, 2.45) is 15.7 Å². The number of nitrogens with two attached hydrogens (primary N) is 1. The van der Waals surface area contributed by atoms with Crippen LogP contribution in [0.4, 0.5) is 0 Å². The highest BCUT2D eigenvalue weighted by Crippen LogP contribution is 2.42. The molecular weight excluding hydrogens is 344 g/mol. The van der Waals surface area contributed by atoms with Gasteiger partial charge in [-0.3, -0.25) is 4.99 Å². The Morgan fingerprint density at radius 2 is 2.19 bits per heavy atom. The number of hydrogen-bond donors (Lipinski definition) is 2. The molecule has 0 amide bonds. The molecule has 2 aromatic rings. The SMILES string of the molecule is CC(C)N=C(N=CN)c1cc2c(s1)-c1ccc(C3CNC3)cc1OCC2. The maximum atomic E-state index is 6.07. The van der Waals surface area contributed by atoms with Crippen LogP contribution in [0.25, 0.3) is 10.4 Å². The van der Waals surface area contributed by atoms with Crippen LogP contribution in [0, 0.1) is 0 Å². The maximum absolute atomic E-state index is 6.07. The van der Waals surface area contributed by atoms with Crippen molar-refractivity contribution in [2.45, 2.75) is 32.2 Å². The van der Waals surface area contributed by atoms with Gasteiger partial charge in [-0.1, -0.05) is 6.07 Å². The minimum absolute atomic E-state index is 0.171. The molecule has 5 nitrogen and oxygen atoms in total. The van der Waals surface area contributed by atoms with Crippen LogP contribution in [0.1, 0.15) is 35.8 Å². The third kappa shape index (κ3) is 3.27. The van der Waals surface area contributed by atoms with E-state index in [-0.39, 0.29) is 6.04 Å². The number of fused-ring (bicyclic) bond motifs is 3. The van der Waals surface area contributed by atoms with Crippen molar-refractivity contribution in [1.29, 1.82) is 0 Å². The Bertz CT molecular complexity index is 865. The molecule has 3 heterocycles. The van der Waals surface area contributed by atoms with Crippen LogP contribution in [0.3, 0.4) is 0 Å². The molecule has 4 rings (SSSR count). The smallest absolute Gasteiger partial charge is 0.166 e. The molecule has 0 aliphatic carbocycles. The quantitative estimate of drug-likeness (QED) is 0.646. The molecule has 0 atom stereocenters. The summed E-state index contributed by atoms with van der Waals surface area (Å²) >= 11 is 1.72. The Balaban J connectivity index is 1.75. The van der Waals surface area contributed by atoms with Crippen LogP contribution in [-0.2, 0) is 6.42 Å². The minimum atomic E-state index is 0.171. The number of nitrogens with one attached hydrogen (secondary N) is 1. The lowest BCUT2D eigenvalue weighted by atomic mass is 9.92. The van der Waals surface area contributed by atoms with Crippen molar-refractivity contribution in [3.05, 3.63) is 40.3 Å². The van der Waals surface area contributed by atoms with Gasteiger partial charge in [0.1, 0.15) is 5.75 Å². The summed E-state index contributed by atoms with van der Waals surface area (Å²) in [6.07, 6.45) is 2.21. The van der Waals surface area contributed by atoms with Crippen molar-refractivity contribution in [3.63, 3.8) is 0 Å². The van der Waals surface area contributed by atoms with Crippen LogP contribution in [0.2, 0.25) is 0 Å². The summed E-state index contributed by atoms with van der Waals surface area (Å²) in [4.78, 5) is 11.2. The molecule has 6 heteroatoms. The fourth-order valence-electron chi connectivity index (χ4n) is 3.32. The average Bonchev–Trinajstić information content (AvgIpc) is 2.89. The first-order chi connectivity index (χ1) is 12.7.